The standard InChI is InChI=1S/C8H8B2N2O4/c13-9(14)5-1-2-6(10(15)16)8-7(5)11-3-4-12-8/h1-4,13-16H. The maximum absolute atomic E-state index is 9.11. The summed E-state index contributed by atoms with van der Waals surface area (Å²) < 4.78 is 0. The van der Waals surface area contributed by atoms with Gasteiger partial charge in [0.15, 0.2) is 0 Å². The maximum atomic E-state index is 9.11. The lowest BCUT2D eigenvalue weighted by atomic mass is 9.73. The third kappa shape index (κ3) is 1.79. The third-order valence-electron chi connectivity index (χ3n) is 2.24. The van der Waals surface area contributed by atoms with E-state index in [1.165, 1.54) is 24.5 Å². The summed E-state index contributed by atoms with van der Waals surface area (Å²) in [5, 5.41) is 36.5. The Hall–Kier alpha value is -1.47. The molecule has 0 unspecified atom stereocenters. The van der Waals surface area contributed by atoms with Crippen molar-refractivity contribution in [1.29, 1.82) is 0 Å². The summed E-state index contributed by atoms with van der Waals surface area (Å²) in [6, 6.07) is 2.74. The summed E-state index contributed by atoms with van der Waals surface area (Å²) in [4.78, 5) is 7.88. The van der Waals surface area contributed by atoms with Gasteiger partial charge < -0.3 is 20.1 Å². The highest BCUT2D eigenvalue weighted by molar-refractivity contribution is 6.65. The van der Waals surface area contributed by atoms with Gasteiger partial charge in [-0.2, -0.15) is 0 Å². The number of rotatable bonds is 2. The van der Waals surface area contributed by atoms with Crippen LogP contribution in [0.4, 0.5) is 0 Å². The predicted molar refractivity (Wildman–Crippen MR) is 59.2 cm³/mol. The van der Waals surface area contributed by atoms with Crippen molar-refractivity contribution in [2.24, 2.45) is 0 Å². The first-order valence-corrected chi connectivity index (χ1v) is 4.57. The molecular formula is C8H8B2N2O4. The smallest absolute Gasteiger partial charge is 0.423 e. The number of fused-ring (bicyclic) bond motifs is 1. The predicted octanol–water partition coefficient (Wildman–Crippen LogP) is -3.01. The van der Waals surface area contributed by atoms with Crippen molar-refractivity contribution in [3.8, 4) is 0 Å². The summed E-state index contributed by atoms with van der Waals surface area (Å²) in [5.74, 6) is 0. The average molecular weight is 218 g/mol. The zero-order valence-electron chi connectivity index (χ0n) is 8.15. The van der Waals surface area contributed by atoms with E-state index < -0.39 is 14.2 Å². The minimum atomic E-state index is -1.68. The lowest BCUT2D eigenvalue weighted by molar-refractivity contribution is 0.424. The van der Waals surface area contributed by atoms with Gasteiger partial charge in [0.25, 0.3) is 0 Å². The molecule has 0 amide bonds. The molecule has 0 fully saturated rings. The fourth-order valence-corrected chi connectivity index (χ4v) is 1.51. The van der Waals surface area contributed by atoms with Crippen LogP contribution >= 0.6 is 0 Å². The van der Waals surface area contributed by atoms with E-state index >= 15 is 0 Å². The average Bonchev–Trinajstić information content (AvgIpc) is 2.27. The van der Waals surface area contributed by atoms with Crippen LogP contribution in [-0.2, 0) is 0 Å². The van der Waals surface area contributed by atoms with Crippen LogP contribution in [0.25, 0.3) is 11.0 Å². The van der Waals surface area contributed by atoms with E-state index in [-0.39, 0.29) is 22.0 Å². The van der Waals surface area contributed by atoms with Crippen LogP contribution in [-0.4, -0.2) is 44.3 Å². The monoisotopic (exact) mass is 218 g/mol. The van der Waals surface area contributed by atoms with Crippen molar-refractivity contribution < 1.29 is 20.1 Å². The summed E-state index contributed by atoms with van der Waals surface area (Å²) >= 11 is 0. The number of hydrogen-bond donors (Lipinski definition) is 4. The van der Waals surface area contributed by atoms with Gasteiger partial charge in [-0.25, -0.2) is 0 Å². The van der Waals surface area contributed by atoms with Gasteiger partial charge in [0.1, 0.15) is 0 Å². The molecule has 4 N–H and O–H groups in total. The summed E-state index contributed by atoms with van der Waals surface area (Å²) in [7, 11) is -3.35. The summed E-state index contributed by atoms with van der Waals surface area (Å²) in [6.07, 6.45) is 2.78. The lowest BCUT2D eigenvalue weighted by Gasteiger charge is -2.08. The number of hydrogen-bond acceptors (Lipinski definition) is 6. The van der Waals surface area contributed by atoms with E-state index in [1.807, 2.05) is 0 Å². The van der Waals surface area contributed by atoms with Crippen molar-refractivity contribution in [3.63, 3.8) is 0 Å². The number of nitrogens with zero attached hydrogens (tertiary/aromatic N) is 2. The van der Waals surface area contributed by atoms with E-state index in [0.29, 0.717) is 0 Å². The Morgan fingerprint density at radius 3 is 1.44 bits per heavy atom. The molecule has 6 nitrogen and oxygen atoms in total. The quantitative estimate of drug-likeness (QED) is 0.400. The van der Waals surface area contributed by atoms with E-state index in [0.717, 1.165) is 0 Å². The van der Waals surface area contributed by atoms with Gasteiger partial charge in [0.05, 0.1) is 11.0 Å². The molecule has 0 saturated carbocycles. The second kappa shape index (κ2) is 4.18. The minimum Gasteiger partial charge on any atom is -0.423 e. The van der Waals surface area contributed by atoms with E-state index in [2.05, 4.69) is 9.97 Å². The van der Waals surface area contributed by atoms with Gasteiger partial charge in [-0.1, -0.05) is 12.1 Å². The maximum Gasteiger partial charge on any atom is 0.490 e. The zero-order valence-corrected chi connectivity index (χ0v) is 8.15. The molecule has 1 aromatic heterocycles. The van der Waals surface area contributed by atoms with E-state index in [9.17, 15) is 0 Å². The van der Waals surface area contributed by atoms with Gasteiger partial charge in [-0.15, -0.1) is 0 Å². The van der Waals surface area contributed by atoms with Crippen LogP contribution in [0.5, 0.6) is 0 Å². The fourth-order valence-electron chi connectivity index (χ4n) is 1.51. The molecule has 2 rings (SSSR count). The first-order chi connectivity index (χ1) is 7.61. The molecule has 0 aliphatic heterocycles. The minimum absolute atomic E-state index is 0.174. The molecule has 0 aliphatic carbocycles. The highest BCUT2D eigenvalue weighted by atomic mass is 16.4. The second-order valence-electron chi connectivity index (χ2n) is 3.24. The summed E-state index contributed by atoms with van der Waals surface area (Å²) in [5.41, 5.74) is 0.825. The first kappa shape index (κ1) is 11.0. The molecule has 1 aromatic carbocycles. The Kier molecular flexibility index (Phi) is 2.88. The Morgan fingerprint density at radius 2 is 1.12 bits per heavy atom. The zero-order chi connectivity index (χ0) is 11.7. The van der Waals surface area contributed by atoms with Gasteiger partial charge >= 0.3 is 14.2 Å². The molecule has 0 radical (unpaired) electrons. The van der Waals surface area contributed by atoms with Crippen LogP contribution < -0.4 is 10.9 Å². The second-order valence-corrected chi connectivity index (χ2v) is 3.24. The van der Waals surface area contributed by atoms with Crippen LogP contribution in [0.15, 0.2) is 24.5 Å². The largest absolute Gasteiger partial charge is 0.490 e. The molecule has 16 heavy (non-hydrogen) atoms. The number of aromatic nitrogens is 2. The van der Waals surface area contributed by atoms with Crippen LogP contribution in [0.1, 0.15) is 0 Å². The summed E-state index contributed by atoms with van der Waals surface area (Å²) in [6.45, 7) is 0. The topological polar surface area (TPSA) is 107 Å². The van der Waals surface area contributed by atoms with Crippen molar-refractivity contribution in [2.45, 2.75) is 0 Å². The van der Waals surface area contributed by atoms with Crippen LogP contribution in [0.2, 0.25) is 0 Å². The van der Waals surface area contributed by atoms with E-state index in [4.69, 9.17) is 20.1 Å². The molecule has 0 atom stereocenters. The van der Waals surface area contributed by atoms with Crippen molar-refractivity contribution in [3.05, 3.63) is 24.5 Å². The Labute approximate surface area is 91.5 Å². The molecule has 1 heterocycles. The molecule has 8 heteroatoms. The molecule has 0 saturated heterocycles. The molecule has 0 aliphatic rings. The van der Waals surface area contributed by atoms with Crippen molar-refractivity contribution in [2.75, 3.05) is 0 Å². The highest BCUT2D eigenvalue weighted by Crippen LogP contribution is 2.03. The van der Waals surface area contributed by atoms with Gasteiger partial charge in [-0.05, 0) is 0 Å². The first-order valence-electron chi connectivity index (χ1n) is 4.57. The van der Waals surface area contributed by atoms with Gasteiger partial charge in [-0.3, -0.25) is 9.97 Å². The van der Waals surface area contributed by atoms with Crippen molar-refractivity contribution >= 4 is 36.2 Å². The van der Waals surface area contributed by atoms with E-state index in [1.54, 1.807) is 0 Å². The third-order valence-corrected chi connectivity index (χ3v) is 2.24. The highest BCUT2D eigenvalue weighted by Gasteiger charge is 2.22. The lowest BCUT2D eigenvalue weighted by Crippen LogP contribution is -2.37. The molecule has 0 bridgehead atoms. The SMILES string of the molecule is OB(O)c1ccc(B(O)O)c2nccnc12. The van der Waals surface area contributed by atoms with Crippen LogP contribution in [0.3, 0.4) is 0 Å². The fraction of sp³-hybridized carbons (Fsp3) is 0. The Balaban J connectivity index is 2.77. The number of benzene rings is 1. The van der Waals surface area contributed by atoms with Gasteiger partial charge in [0.2, 0.25) is 0 Å². The van der Waals surface area contributed by atoms with Crippen molar-refractivity contribution in [1.82, 2.24) is 9.97 Å². The van der Waals surface area contributed by atoms with Gasteiger partial charge in [0, 0.05) is 23.3 Å². The van der Waals surface area contributed by atoms with Crippen LogP contribution in [0, 0.1) is 0 Å². The Bertz CT molecular complexity index is 474. The molecule has 80 valence electrons. The molecule has 2 aromatic rings. The molecular weight excluding hydrogens is 210 g/mol. The normalized spacial score (nSPS) is 10.5. The molecule has 0 spiro atoms. The Morgan fingerprint density at radius 1 is 0.750 bits per heavy atom.